The second-order valence-corrected chi connectivity index (χ2v) is 4.91. The maximum atomic E-state index is 13.5. The van der Waals surface area contributed by atoms with E-state index in [1.807, 2.05) is 37.3 Å². The van der Waals surface area contributed by atoms with Crippen molar-refractivity contribution in [3.63, 3.8) is 0 Å². The average Bonchev–Trinajstić information content (AvgIpc) is 2.29. The lowest BCUT2D eigenvalue weighted by atomic mass is 10.2. The summed E-state index contributed by atoms with van der Waals surface area (Å²) in [6.07, 6.45) is 0. The lowest BCUT2D eigenvalue weighted by molar-refractivity contribution is 0.272. The zero-order valence-corrected chi connectivity index (χ0v) is 10.3. The summed E-state index contributed by atoms with van der Waals surface area (Å²) in [7, 11) is 0. The molecule has 0 amide bonds. The van der Waals surface area contributed by atoms with Crippen LogP contribution >= 0.6 is 11.8 Å². The Morgan fingerprint density at radius 3 is 2.65 bits per heavy atom. The molecule has 0 aromatic heterocycles. The van der Waals surface area contributed by atoms with E-state index in [9.17, 15) is 9.50 Å². The van der Waals surface area contributed by atoms with E-state index in [-0.39, 0.29) is 12.4 Å². The first kappa shape index (κ1) is 12.1. The van der Waals surface area contributed by atoms with E-state index >= 15 is 0 Å². The van der Waals surface area contributed by atoms with Crippen molar-refractivity contribution in [3.8, 4) is 0 Å². The summed E-state index contributed by atoms with van der Waals surface area (Å²) in [5.74, 6) is -0.356. The summed E-state index contributed by atoms with van der Waals surface area (Å²) in [6.45, 7) is 1.74. The van der Waals surface area contributed by atoms with Gasteiger partial charge in [0.2, 0.25) is 0 Å². The van der Waals surface area contributed by atoms with Crippen molar-refractivity contribution in [3.05, 3.63) is 59.4 Å². The van der Waals surface area contributed by atoms with Crippen LogP contribution in [0.5, 0.6) is 0 Å². The van der Waals surface area contributed by atoms with Gasteiger partial charge in [0.1, 0.15) is 5.82 Å². The number of rotatable bonds is 3. The molecule has 0 aliphatic heterocycles. The Kier molecular flexibility index (Phi) is 3.82. The number of aryl methyl sites for hydroxylation is 1. The average molecular weight is 248 g/mol. The van der Waals surface area contributed by atoms with Crippen molar-refractivity contribution in [1.29, 1.82) is 0 Å². The van der Waals surface area contributed by atoms with Crippen LogP contribution in [0, 0.1) is 12.7 Å². The summed E-state index contributed by atoms with van der Waals surface area (Å²) in [5.41, 5.74) is 1.52. The zero-order chi connectivity index (χ0) is 12.3. The van der Waals surface area contributed by atoms with Crippen molar-refractivity contribution >= 4 is 11.8 Å². The number of benzene rings is 2. The molecule has 0 saturated heterocycles. The smallest absolute Gasteiger partial charge is 0.129 e. The van der Waals surface area contributed by atoms with Gasteiger partial charge in [-0.15, -0.1) is 0 Å². The van der Waals surface area contributed by atoms with Gasteiger partial charge in [-0.3, -0.25) is 0 Å². The van der Waals surface area contributed by atoms with Crippen LogP contribution in [0.3, 0.4) is 0 Å². The van der Waals surface area contributed by atoms with Crippen LogP contribution in [0.1, 0.15) is 11.1 Å². The Balaban J connectivity index is 2.33. The fourth-order valence-corrected chi connectivity index (χ4v) is 2.67. The summed E-state index contributed by atoms with van der Waals surface area (Å²) in [6, 6.07) is 12.8. The highest BCUT2D eigenvalue weighted by Gasteiger charge is 2.08. The molecule has 2 aromatic rings. The van der Waals surface area contributed by atoms with Gasteiger partial charge >= 0.3 is 0 Å². The molecule has 0 atom stereocenters. The van der Waals surface area contributed by atoms with Gasteiger partial charge in [-0.05, 0) is 31.2 Å². The molecule has 0 unspecified atom stereocenters. The fraction of sp³-hybridized carbons (Fsp3) is 0.143. The van der Waals surface area contributed by atoms with Crippen LogP contribution in [-0.4, -0.2) is 5.11 Å². The standard InChI is InChI=1S/C14H13FOS/c1-10-4-2-5-11(8-10)17-14-7-3-6-13(15)12(14)9-16/h2-8,16H,9H2,1H3. The molecule has 0 fully saturated rings. The molecule has 17 heavy (non-hydrogen) atoms. The molecule has 0 heterocycles. The molecular formula is C14H13FOS. The van der Waals surface area contributed by atoms with E-state index in [2.05, 4.69) is 0 Å². The van der Waals surface area contributed by atoms with Gasteiger partial charge in [-0.25, -0.2) is 4.39 Å². The maximum absolute atomic E-state index is 13.5. The van der Waals surface area contributed by atoms with E-state index in [1.54, 1.807) is 6.07 Å². The Labute approximate surface area is 104 Å². The fourth-order valence-electron chi connectivity index (χ4n) is 1.59. The molecule has 1 N–H and O–H groups in total. The van der Waals surface area contributed by atoms with Crippen molar-refractivity contribution in [2.24, 2.45) is 0 Å². The first-order valence-corrected chi connectivity index (χ1v) is 6.15. The molecular weight excluding hydrogens is 235 g/mol. The normalized spacial score (nSPS) is 10.5. The van der Waals surface area contributed by atoms with Crippen LogP contribution in [-0.2, 0) is 6.61 Å². The second-order valence-electron chi connectivity index (χ2n) is 3.79. The summed E-state index contributed by atoms with van der Waals surface area (Å²) in [5, 5.41) is 9.18. The highest BCUT2D eigenvalue weighted by molar-refractivity contribution is 7.99. The highest BCUT2D eigenvalue weighted by atomic mass is 32.2. The van der Waals surface area contributed by atoms with Crippen LogP contribution in [0.25, 0.3) is 0 Å². The van der Waals surface area contributed by atoms with Gasteiger partial charge in [-0.2, -0.15) is 0 Å². The van der Waals surface area contributed by atoms with Gasteiger partial charge in [0.25, 0.3) is 0 Å². The molecule has 1 nitrogen and oxygen atoms in total. The minimum absolute atomic E-state index is 0.277. The quantitative estimate of drug-likeness (QED) is 0.892. The largest absolute Gasteiger partial charge is 0.392 e. The predicted octanol–water partition coefficient (Wildman–Crippen LogP) is 3.78. The lowest BCUT2D eigenvalue weighted by Gasteiger charge is -2.08. The Morgan fingerprint density at radius 1 is 1.18 bits per heavy atom. The summed E-state index contributed by atoms with van der Waals surface area (Å²) in [4.78, 5) is 1.81. The number of halogens is 1. The summed E-state index contributed by atoms with van der Waals surface area (Å²) >= 11 is 1.47. The van der Waals surface area contributed by atoms with Gasteiger partial charge in [-0.1, -0.05) is 35.5 Å². The SMILES string of the molecule is Cc1cccc(Sc2cccc(F)c2CO)c1. The monoisotopic (exact) mass is 248 g/mol. The van der Waals surface area contributed by atoms with Gasteiger partial charge < -0.3 is 5.11 Å². The third kappa shape index (κ3) is 2.87. The van der Waals surface area contributed by atoms with Gasteiger partial charge in [0.15, 0.2) is 0 Å². The van der Waals surface area contributed by atoms with E-state index in [0.717, 1.165) is 15.4 Å². The maximum Gasteiger partial charge on any atom is 0.129 e. The molecule has 0 aliphatic carbocycles. The molecule has 3 heteroatoms. The van der Waals surface area contributed by atoms with Crippen LogP contribution in [0.2, 0.25) is 0 Å². The Hall–Kier alpha value is -1.32. The van der Waals surface area contributed by atoms with Crippen molar-refractivity contribution < 1.29 is 9.50 Å². The molecule has 2 rings (SSSR count). The first-order valence-electron chi connectivity index (χ1n) is 5.33. The molecule has 2 aromatic carbocycles. The molecule has 88 valence electrons. The van der Waals surface area contributed by atoms with E-state index in [4.69, 9.17) is 0 Å². The molecule has 0 spiro atoms. The van der Waals surface area contributed by atoms with Crippen LogP contribution in [0.15, 0.2) is 52.3 Å². The number of hydrogen-bond acceptors (Lipinski definition) is 2. The number of aliphatic hydroxyl groups excluding tert-OH is 1. The van der Waals surface area contributed by atoms with Crippen molar-refractivity contribution in [2.75, 3.05) is 0 Å². The topological polar surface area (TPSA) is 20.2 Å². The summed E-state index contributed by atoms with van der Waals surface area (Å²) < 4.78 is 13.5. The second kappa shape index (κ2) is 5.34. The predicted molar refractivity (Wildman–Crippen MR) is 67.6 cm³/mol. The molecule has 0 aliphatic rings. The van der Waals surface area contributed by atoms with E-state index in [0.29, 0.717) is 5.56 Å². The minimum Gasteiger partial charge on any atom is -0.392 e. The van der Waals surface area contributed by atoms with E-state index in [1.165, 1.54) is 17.8 Å². The minimum atomic E-state index is -0.356. The van der Waals surface area contributed by atoms with Crippen LogP contribution < -0.4 is 0 Å². The Morgan fingerprint density at radius 2 is 1.94 bits per heavy atom. The van der Waals surface area contributed by atoms with Crippen LogP contribution in [0.4, 0.5) is 4.39 Å². The number of aliphatic hydroxyl groups is 1. The lowest BCUT2D eigenvalue weighted by Crippen LogP contribution is -1.92. The highest BCUT2D eigenvalue weighted by Crippen LogP contribution is 2.31. The third-order valence-corrected chi connectivity index (χ3v) is 3.54. The molecule has 0 bridgehead atoms. The van der Waals surface area contributed by atoms with Gasteiger partial charge in [0.05, 0.1) is 6.61 Å². The zero-order valence-electron chi connectivity index (χ0n) is 9.48. The molecule has 0 saturated carbocycles. The molecule has 0 radical (unpaired) electrons. The van der Waals surface area contributed by atoms with Crippen molar-refractivity contribution in [2.45, 2.75) is 23.3 Å². The van der Waals surface area contributed by atoms with Gasteiger partial charge in [0, 0.05) is 15.4 Å². The first-order chi connectivity index (χ1) is 8.20. The Bertz CT molecular complexity index is 525. The number of hydrogen-bond donors (Lipinski definition) is 1. The van der Waals surface area contributed by atoms with E-state index < -0.39 is 0 Å². The third-order valence-electron chi connectivity index (χ3n) is 2.45. The van der Waals surface area contributed by atoms with Crippen molar-refractivity contribution in [1.82, 2.24) is 0 Å².